The van der Waals surface area contributed by atoms with Gasteiger partial charge in [0.15, 0.2) is 0 Å². The molecular formula is C34H30O8. The Morgan fingerprint density at radius 2 is 1.19 bits per heavy atom. The fourth-order valence-corrected chi connectivity index (χ4v) is 3.79. The maximum absolute atomic E-state index is 12.9. The molecule has 0 atom stereocenters. The smallest absolute Gasteiger partial charge is 0.343 e. The SMILES string of the molecule is CCOc1ccc(C(=O)Oc2ccc(OC(=O)c3ccc(OCC)cc3)c(COC(=O)/C=C/c3ccccc3)c2)cc1. The van der Waals surface area contributed by atoms with Gasteiger partial charge in [-0.25, -0.2) is 14.4 Å². The van der Waals surface area contributed by atoms with Crippen LogP contribution in [0.25, 0.3) is 6.08 Å². The van der Waals surface area contributed by atoms with Crippen molar-refractivity contribution in [3.8, 4) is 23.0 Å². The first kappa shape index (κ1) is 29.6. The molecule has 0 N–H and O–H groups in total. The van der Waals surface area contributed by atoms with Crippen molar-refractivity contribution >= 4 is 24.0 Å². The zero-order valence-corrected chi connectivity index (χ0v) is 23.3. The lowest BCUT2D eigenvalue weighted by Gasteiger charge is -2.13. The summed E-state index contributed by atoms with van der Waals surface area (Å²) >= 11 is 0. The normalized spacial score (nSPS) is 10.6. The largest absolute Gasteiger partial charge is 0.494 e. The van der Waals surface area contributed by atoms with Gasteiger partial charge in [-0.05, 0) is 92.2 Å². The maximum atomic E-state index is 12.9. The maximum Gasteiger partial charge on any atom is 0.343 e. The van der Waals surface area contributed by atoms with Gasteiger partial charge < -0.3 is 23.7 Å². The van der Waals surface area contributed by atoms with Gasteiger partial charge in [-0.15, -0.1) is 0 Å². The molecule has 0 spiro atoms. The molecule has 0 aliphatic rings. The van der Waals surface area contributed by atoms with E-state index in [1.165, 1.54) is 24.3 Å². The Kier molecular flexibility index (Phi) is 10.5. The van der Waals surface area contributed by atoms with Crippen LogP contribution in [-0.4, -0.2) is 31.1 Å². The molecule has 0 amide bonds. The van der Waals surface area contributed by atoms with Crippen molar-refractivity contribution in [1.29, 1.82) is 0 Å². The number of hydrogen-bond acceptors (Lipinski definition) is 8. The topological polar surface area (TPSA) is 97.4 Å². The predicted molar refractivity (Wildman–Crippen MR) is 157 cm³/mol. The van der Waals surface area contributed by atoms with Gasteiger partial charge in [0, 0.05) is 11.6 Å². The fraction of sp³-hybridized carbons (Fsp3) is 0.147. The van der Waals surface area contributed by atoms with E-state index in [9.17, 15) is 14.4 Å². The van der Waals surface area contributed by atoms with Gasteiger partial charge in [0.05, 0.1) is 24.3 Å². The van der Waals surface area contributed by atoms with Gasteiger partial charge >= 0.3 is 17.9 Å². The number of benzene rings is 4. The highest BCUT2D eigenvalue weighted by Crippen LogP contribution is 2.27. The third-order valence-corrected chi connectivity index (χ3v) is 5.83. The molecule has 4 aromatic rings. The summed E-state index contributed by atoms with van der Waals surface area (Å²) in [7, 11) is 0. The third-order valence-electron chi connectivity index (χ3n) is 5.83. The van der Waals surface area contributed by atoms with E-state index >= 15 is 0 Å². The molecule has 8 heteroatoms. The zero-order valence-electron chi connectivity index (χ0n) is 23.3. The first-order valence-corrected chi connectivity index (χ1v) is 13.4. The average molecular weight is 567 g/mol. The Balaban J connectivity index is 1.51. The Bertz CT molecular complexity index is 1520. The van der Waals surface area contributed by atoms with Gasteiger partial charge in [-0.2, -0.15) is 0 Å². The van der Waals surface area contributed by atoms with E-state index in [1.54, 1.807) is 54.6 Å². The van der Waals surface area contributed by atoms with E-state index in [0.717, 1.165) is 5.56 Å². The number of carbonyl (C=O) groups is 3. The molecule has 42 heavy (non-hydrogen) atoms. The summed E-state index contributed by atoms with van der Waals surface area (Å²) in [4.78, 5) is 38.1. The summed E-state index contributed by atoms with van der Waals surface area (Å²) in [6.07, 6.45) is 2.93. The Labute approximate surface area is 244 Å². The number of rotatable bonds is 12. The highest BCUT2D eigenvalue weighted by molar-refractivity contribution is 5.92. The highest BCUT2D eigenvalue weighted by atomic mass is 16.6. The van der Waals surface area contributed by atoms with Gasteiger partial charge in [-0.3, -0.25) is 0 Å². The second kappa shape index (κ2) is 14.9. The predicted octanol–water partition coefficient (Wildman–Crippen LogP) is 6.68. The Morgan fingerprint density at radius 3 is 1.76 bits per heavy atom. The molecule has 4 rings (SSSR count). The highest BCUT2D eigenvalue weighted by Gasteiger charge is 2.16. The number of carbonyl (C=O) groups excluding carboxylic acids is 3. The molecule has 0 aliphatic carbocycles. The van der Waals surface area contributed by atoms with Crippen molar-refractivity contribution < 1.29 is 38.1 Å². The molecule has 0 heterocycles. The lowest BCUT2D eigenvalue weighted by molar-refractivity contribution is -0.138. The molecule has 214 valence electrons. The van der Waals surface area contributed by atoms with Crippen molar-refractivity contribution in [3.05, 3.63) is 125 Å². The first-order chi connectivity index (χ1) is 20.4. The molecule has 0 bridgehead atoms. The van der Waals surface area contributed by atoms with Gasteiger partial charge in [0.2, 0.25) is 0 Å². The van der Waals surface area contributed by atoms with Crippen LogP contribution in [0, 0.1) is 0 Å². The fourth-order valence-electron chi connectivity index (χ4n) is 3.79. The van der Waals surface area contributed by atoms with Crippen molar-refractivity contribution in [2.75, 3.05) is 13.2 Å². The van der Waals surface area contributed by atoms with Crippen LogP contribution in [0.5, 0.6) is 23.0 Å². The minimum Gasteiger partial charge on any atom is -0.494 e. The van der Waals surface area contributed by atoms with Crippen LogP contribution in [0.3, 0.4) is 0 Å². The van der Waals surface area contributed by atoms with Crippen LogP contribution >= 0.6 is 0 Å². The monoisotopic (exact) mass is 566 g/mol. The zero-order chi connectivity index (χ0) is 29.7. The van der Waals surface area contributed by atoms with E-state index in [-0.39, 0.29) is 18.1 Å². The molecule has 0 aromatic heterocycles. The average Bonchev–Trinajstić information content (AvgIpc) is 3.01. The van der Waals surface area contributed by atoms with Gasteiger partial charge in [-0.1, -0.05) is 30.3 Å². The third kappa shape index (κ3) is 8.56. The molecule has 0 aliphatic heterocycles. The van der Waals surface area contributed by atoms with E-state index in [0.29, 0.717) is 41.4 Å². The van der Waals surface area contributed by atoms with Crippen LogP contribution in [0.2, 0.25) is 0 Å². The summed E-state index contributed by atoms with van der Waals surface area (Å²) in [6, 6.07) is 26.8. The minimum atomic E-state index is -0.617. The van der Waals surface area contributed by atoms with E-state index < -0.39 is 17.9 Å². The molecule has 0 saturated heterocycles. The molecule has 0 unspecified atom stereocenters. The second-order valence-corrected chi connectivity index (χ2v) is 8.82. The van der Waals surface area contributed by atoms with E-state index in [4.69, 9.17) is 23.7 Å². The molecular weight excluding hydrogens is 536 g/mol. The minimum absolute atomic E-state index is 0.148. The molecule has 0 saturated carbocycles. The van der Waals surface area contributed by atoms with Crippen molar-refractivity contribution in [1.82, 2.24) is 0 Å². The van der Waals surface area contributed by atoms with Crippen LogP contribution in [0.1, 0.15) is 45.7 Å². The summed E-state index contributed by atoms with van der Waals surface area (Å²) < 4.78 is 27.4. The Morgan fingerprint density at radius 1 is 0.643 bits per heavy atom. The molecule has 0 radical (unpaired) electrons. The second-order valence-electron chi connectivity index (χ2n) is 8.82. The lowest BCUT2D eigenvalue weighted by atomic mass is 10.2. The van der Waals surface area contributed by atoms with E-state index in [2.05, 4.69) is 0 Å². The summed E-state index contributed by atoms with van der Waals surface area (Å²) in [5.74, 6) is -0.212. The van der Waals surface area contributed by atoms with Crippen LogP contribution in [-0.2, 0) is 16.1 Å². The van der Waals surface area contributed by atoms with E-state index in [1.807, 2.05) is 44.2 Å². The van der Waals surface area contributed by atoms with Gasteiger partial charge in [0.1, 0.15) is 29.6 Å². The summed E-state index contributed by atoms with van der Waals surface area (Å²) in [5, 5.41) is 0. The van der Waals surface area contributed by atoms with Crippen LogP contribution < -0.4 is 18.9 Å². The molecule has 8 nitrogen and oxygen atoms in total. The molecule has 0 fully saturated rings. The number of ether oxygens (including phenoxy) is 5. The van der Waals surface area contributed by atoms with Crippen molar-refractivity contribution in [2.45, 2.75) is 20.5 Å². The summed E-state index contributed by atoms with van der Waals surface area (Å²) in [6.45, 7) is 4.51. The van der Waals surface area contributed by atoms with Crippen molar-refractivity contribution in [3.63, 3.8) is 0 Å². The molecule has 4 aromatic carbocycles. The number of esters is 3. The number of hydrogen-bond donors (Lipinski definition) is 0. The lowest BCUT2D eigenvalue weighted by Crippen LogP contribution is -2.12. The van der Waals surface area contributed by atoms with Gasteiger partial charge in [0.25, 0.3) is 0 Å². The quantitative estimate of drug-likeness (QED) is 0.106. The standard InChI is InChI=1S/C34H30O8/c1-3-38-28-15-11-25(12-16-28)33(36)41-30-19-20-31(42-34(37)26-13-17-29(18-14-26)39-4-2)27(22-30)23-40-32(35)21-10-24-8-6-5-7-9-24/h5-22H,3-4,23H2,1-2H3/b21-10+. The Hall–Kier alpha value is -5.37. The van der Waals surface area contributed by atoms with Crippen LogP contribution in [0.15, 0.2) is 103 Å². The van der Waals surface area contributed by atoms with Crippen LogP contribution in [0.4, 0.5) is 0 Å². The van der Waals surface area contributed by atoms with Crippen molar-refractivity contribution in [2.24, 2.45) is 0 Å². The first-order valence-electron chi connectivity index (χ1n) is 13.4. The summed E-state index contributed by atoms with van der Waals surface area (Å²) in [5.41, 5.74) is 1.79.